The fourth-order valence-electron chi connectivity index (χ4n) is 3.79. The summed E-state index contributed by atoms with van der Waals surface area (Å²) in [6, 6.07) is -3.48. The summed E-state index contributed by atoms with van der Waals surface area (Å²) in [6.45, 7) is 2.08. The van der Waals surface area contributed by atoms with Crippen LogP contribution in [0.3, 0.4) is 0 Å². The third kappa shape index (κ3) is 4.13. The average molecular weight is 370 g/mol. The summed E-state index contributed by atoms with van der Waals surface area (Å²) in [4.78, 5) is 50.3. The third-order valence-electron chi connectivity index (χ3n) is 5.07. The molecule has 2 saturated heterocycles. The van der Waals surface area contributed by atoms with Gasteiger partial charge >= 0.3 is 11.9 Å². The Kier molecular flexibility index (Phi) is 6.54. The zero-order valence-corrected chi connectivity index (χ0v) is 14.8. The lowest BCUT2D eigenvalue weighted by Gasteiger charge is -2.32. The maximum Gasteiger partial charge on any atom is 0.326 e. The Morgan fingerprint density at radius 3 is 2.31 bits per heavy atom. The number of carboxylic acids is 2. The Morgan fingerprint density at radius 1 is 1.12 bits per heavy atom. The van der Waals surface area contributed by atoms with Crippen LogP contribution in [0.25, 0.3) is 0 Å². The summed E-state index contributed by atoms with van der Waals surface area (Å²) < 4.78 is 0. The highest BCUT2D eigenvalue weighted by molar-refractivity contribution is 5.88. The first-order valence-corrected chi connectivity index (χ1v) is 8.79. The van der Waals surface area contributed by atoms with Crippen molar-refractivity contribution < 1.29 is 29.4 Å². The van der Waals surface area contributed by atoms with Crippen molar-refractivity contribution in [2.45, 2.75) is 56.8 Å². The second-order valence-electron chi connectivity index (χ2n) is 6.73. The zero-order valence-electron chi connectivity index (χ0n) is 14.8. The molecule has 10 heteroatoms. The molecular weight excluding hydrogens is 344 g/mol. The molecule has 0 radical (unpaired) electrons. The highest BCUT2D eigenvalue weighted by Gasteiger charge is 2.41. The van der Waals surface area contributed by atoms with Crippen molar-refractivity contribution in [2.75, 3.05) is 19.6 Å². The van der Waals surface area contributed by atoms with Crippen molar-refractivity contribution >= 4 is 23.8 Å². The predicted molar refractivity (Wildman–Crippen MR) is 90.2 cm³/mol. The Balaban J connectivity index is 2.09. The van der Waals surface area contributed by atoms with Gasteiger partial charge in [-0.05, 0) is 32.6 Å². The molecule has 5 N–H and O–H groups in total. The largest absolute Gasteiger partial charge is 0.480 e. The third-order valence-corrected chi connectivity index (χ3v) is 5.07. The first-order chi connectivity index (χ1) is 12.3. The molecule has 2 rings (SSSR count). The Morgan fingerprint density at radius 2 is 1.73 bits per heavy atom. The minimum absolute atomic E-state index is 0.203. The van der Waals surface area contributed by atoms with Crippen LogP contribution in [0.5, 0.6) is 0 Å². The molecule has 10 nitrogen and oxygen atoms in total. The molecule has 2 heterocycles. The molecular formula is C16H26N4O6. The van der Waals surface area contributed by atoms with Crippen LogP contribution < -0.4 is 11.1 Å². The van der Waals surface area contributed by atoms with Crippen molar-refractivity contribution in [1.82, 2.24) is 15.1 Å². The van der Waals surface area contributed by atoms with Gasteiger partial charge in [0.2, 0.25) is 11.8 Å². The van der Waals surface area contributed by atoms with E-state index in [2.05, 4.69) is 5.32 Å². The second-order valence-corrected chi connectivity index (χ2v) is 6.73. The van der Waals surface area contributed by atoms with Crippen LogP contribution in [0.15, 0.2) is 0 Å². The van der Waals surface area contributed by atoms with Crippen LogP contribution in [0.4, 0.5) is 0 Å². The Hall–Kier alpha value is -2.20. The number of carbonyl (C=O) groups is 4. The summed E-state index contributed by atoms with van der Waals surface area (Å²) in [5, 5.41) is 21.6. The summed E-state index contributed by atoms with van der Waals surface area (Å²) >= 11 is 0. The van der Waals surface area contributed by atoms with Crippen molar-refractivity contribution in [1.29, 1.82) is 0 Å². The maximum atomic E-state index is 12.6. The number of nitrogens with two attached hydrogens (primary N) is 1. The number of rotatable bonds is 7. The molecule has 2 aliphatic rings. The highest BCUT2D eigenvalue weighted by atomic mass is 16.4. The molecule has 4 atom stereocenters. The Bertz CT molecular complexity index is 583. The quantitative estimate of drug-likeness (QED) is 0.420. The number of likely N-dealkylation sites (tertiary alicyclic amines) is 2. The van der Waals surface area contributed by atoms with E-state index in [0.29, 0.717) is 38.8 Å². The van der Waals surface area contributed by atoms with Gasteiger partial charge in [0.25, 0.3) is 0 Å². The van der Waals surface area contributed by atoms with E-state index < -0.39 is 42.0 Å². The lowest BCUT2D eigenvalue weighted by molar-refractivity contribution is -0.150. The van der Waals surface area contributed by atoms with Gasteiger partial charge in [0.05, 0.1) is 18.6 Å². The standard InChI is InChI=1S/C16H26N4O6/c1-9(14(22)20-7-3-5-11(20)15(23)24)18-13(16(25)26)10-4-2-6-19(10)12(21)8-17/h9-11,13,18H,2-8,17H2,1H3,(H,23,24)(H,25,26)/t9-,10-,11-,13-/m0/s1. The summed E-state index contributed by atoms with van der Waals surface area (Å²) in [7, 11) is 0. The normalized spacial score (nSPS) is 25.2. The number of carbonyl (C=O) groups excluding carboxylic acids is 2. The van der Waals surface area contributed by atoms with Crippen LogP contribution in [0.1, 0.15) is 32.6 Å². The maximum absolute atomic E-state index is 12.6. The SMILES string of the molecule is C[C@H](N[C@H](C(=O)O)[C@@H]1CCCN1C(=O)CN)C(=O)N1CCC[C@H]1C(=O)O. The molecule has 2 fully saturated rings. The molecule has 146 valence electrons. The van der Waals surface area contributed by atoms with Gasteiger partial charge in [-0.25, -0.2) is 4.79 Å². The number of nitrogens with zero attached hydrogens (tertiary/aromatic N) is 2. The molecule has 0 spiro atoms. The molecule has 0 unspecified atom stereocenters. The summed E-state index contributed by atoms with van der Waals surface area (Å²) in [6.07, 6.45) is 2.15. The second kappa shape index (κ2) is 8.45. The Labute approximate surface area is 151 Å². The van der Waals surface area contributed by atoms with Gasteiger partial charge in [-0.1, -0.05) is 0 Å². The topological polar surface area (TPSA) is 153 Å². The van der Waals surface area contributed by atoms with Crippen molar-refractivity contribution in [3.63, 3.8) is 0 Å². The summed E-state index contributed by atoms with van der Waals surface area (Å²) in [5.74, 6) is -3.00. The highest BCUT2D eigenvalue weighted by Crippen LogP contribution is 2.22. The molecule has 2 amide bonds. The number of nitrogens with one attached hydrogen (secondary N) is 1. The molecule has 0 aromatic heterocycles. The fraction of sp³-hybridized carbons (Fsp3) is 0.750. The molecule has 0 aromatic carbocycles. The van der Waals surface area contributed by atoms with E-state index in [-0.39, 0.29) is 12.5 Å². The minimum Gasteiger partial charge on any atom is -0.480 e. The van der Waals surface area contributed by atoms with E-state index in [0.717, 1.165) is 0 Å². The van der Waals surface area contributed by atoms with Crippen molar-refractivity contribution in [3.05, 3.63) is 0 Å². The van der Waals surface area contributed by atoms with Crippen molar-refractivity contribution in [2.24, 2.45) is 5.73 Å². The molecule has 0 bridgehead atoms. The monoisotopic (exact) mass is 370 g/mol. The summed E-state index contributed by atoms with van der Waals surface area (Å²) in [5.41, 5.74) is 5.39. The van der Waals surface area contributed by atoms with Crippen LogP contribution in [0, 0.1) is 0 Å². The van der Waals surface area contributed by atoms with Gasteiger partial charge in [-0.3, -0.25) is 19.7 Å². The van der Waals surface area contributed by atoms with Gasteiger partial charge in [0.15, 0.2) is 0 Å². The van der Waals surface area contributed by atoms with Gasteiger partial charge < -0.3 is 25.7 Å². The number of hydrogen-bond acceptors (Lipinski definition) is 6. The molecule has 26 heavy (non-hydrogen) atoms. The van der Waals surface area contributed by atoms with Crippen LogP contribution in [-0.4, -0.2) is 87.6 Å². The van der Waals surface area contributed by atoms with E-state index >= 15 is 0 Å². The fourth-order valence-corrected chi connectivity index (χ4v) is 3.79. The number of hydrogen-bond donors (Lipinski definition) is 4. The first kappa shape index (κ1) is 20.1. The van der Waals surface area contributed by atoms with E-state index in [1.54, 1.807) is 0 Å². The van der Waals surface area contributed by atoms with Crippen LogP contribution in [-0.2, 0) is 19.2 Å². The zero-order chi connectivity index (χ0) is 19.4. The van der Waals surface area contributed by atoms with Crippen LogP contribution in [0.2, 0.25) is 0 Å². The minimum atomic E-state index is -1.16. The first-order valence-electron chi connectivity index (χ1n) is 8.79. The van der Waals surface area contributed by atoms with Gasteiger partial charge in [0.1, 0.15) is 12.1 Å². The number of amides is 2. The van der Waals surface area contributed by atoms with E-state index in [1.807, 2.05) is 0 Å². The predicted octanol–water partition coefficient (Wildman–Crippen LogP) is -1.56. The molecule has 0 aromatic rings. The molecule has 0 saturated carbocycles. The average Bonchev–Trinajstić information content (AvgIpc) is 3.26. The molecule has 0 aliphatic carbocycles. The number of aliphatic carboxylic acids is 2. The van der Waals surface area contributed by atoms with Crippen LogP contribution >= 0.6 is 0 Å². The van der Waals surface area contributed by atoms with E-state index in [1.165, 1.54) is 16.7 Å². The van der Waals surface area contributed by atoms with Crippen molar-refractivity contribution in [3.8, 4) is 0 Å². The molecule has 2 aliphatic heterocycles. The van der Waals surface area contributed by atoms with Gasteiger partial charge in [-0.15, -0.1) is 0 Å². The van der Waals surface area contributed by atoms with Gasteiger partial charge in [0, 0.05) is 13.1 Å². The van der Waals surface area contributed by atoms with Gasteiger partial charge in [-0.2, -0.15) is 0 Å². The lowest BCUT2D eigenvalue weighted by Crippen LogP contribution is -2.59. The van der Waals surface area contributed by atoms with E-state index in [4.69, 9.17) is 5.73 Å². The lowest BCUT2D eigenvalue weighted by atomic mass is 10.0. The number of carboxylic acid groups (broad SMARTS) is 2. The smallest absolute Gasteiger partial charge is 0.326 e. The van der Waals surface area contributed by atoms with E-state index in [9.17, 15) is 29.4 Å².